The lowest BCUT2D eigenvalue weighted by molar-refractivity contribution is 0.595. The topological polar surface area (TPSA) is 76.7 Å². The van der Waals surface area contributed by atoms with Gasteiger partial charge in [0.1, 0.15) is 5.82 Å². The molecule has 0 saturated heterocycles. The first kappa shape index (κ1) is 13.8. The normalized spacial score (nSPS) is 10.9. The molecular formula is C12H15FN4OS. The molecule has 0 fully saturated rings. The van der Waals surface area contributed by atoms with Crippen molar-refractivity contribution in [3.8, 4) is 0 Å². The molecule has 0 saturated carbocycles. The van der Waals surface area contributed by atoms with Gasteiger partial charge < -0.3 is 5.73 Å². The van der Waals surface area contributed by atoms with Crippen molar-refractivity contribution in [1.82, 2.24) is 14.8 Å². The molecule has 0 unspecified atom stereocenters. The molecule has 0 amide bonds. The molecule has 3 N–H and O–H groups in total. The number of hydrogen-bond donors (Lipinski definition) is 2. The summed E-state index contributed by atoms with van der Waals surface area (Å²) in [5, 5.41) is 6.74. The van der Waals surface area contributed by atoms with E-state index in [9.17, 15) is 9.18 Å². The van der Waals surface area contributed by atoms with Gasteiger partial charge in [0.2, 0.25) is 0 Å². The average molecular weight is 282 g/mol. The predicted molar refractivity (Wildman–Crippen MR) is 71.8 cm³/mol. The molecule has 1 aromatic heterocycles. The van der Waals surface area contributed by atoms with Gasteiger partial charge in [-0.15, -0.1) is 5.10 Å². The number of halogens is 1. The SMILES string of the molecule is CCn1c(Sc2c(F)cccc2CCN)n[nH]c1=O. The Morgan fingerprint density at radius 3 is 3.00 bits per heavy atom. The van der Waals surface area contributed by atoms with E-state index in [4.69, 9.17) is 5.73 Å². The second kappa shape index (κ2) is 6.03. The molecule has 19 heavy (non-hydrogen) atoms. The number of nitrogens with two attached hydrogens (primary N) is 1. The number of aromatic amines is 1. The van der Waals surface area contributed by atoms with Crippen molar-refractivity contribution < 1.29 is 4.39 Å². The Hall–Kier alpha value is -1.60. The maximum atomic E-state index is 13.9. The summed E-state index contributed by atoms with van der Waals surface area (Å²) in [6, 6.07) is 4.88. The molecule has 0 radical (unpaired) electrons. The summed E-state index contributed by atoms with van der Waals surface area (Å²) in [4.78, 5) is 11.9. The number of rotatable bonds is 5. The fourth-order valence-corrected chi connectivity index (χ4v) is 2.83. The highest BCUT2D eigenvalue weighted by atomic mass is 32.2. The van der Waals surface area contributed by atoms with Gasteiger partial charge in [-0.1, -0.05) is 12.1 Å². The minimum absolute atomic E-state index is 0.290. The van der Waals surface area contributed by atoms with Crippen LogP contribution in [0.3, 0.4) is 0 Å². The maximum absolute atomic E-state index is 13.9. The van der Waals surface area contributed by atoms with Gasteiger partial charge in [-0.05, 0) is 43.3 Å². The highest BCUT2D eigenvalue weighted by Gasteiger charge is 2.14. The number of H-pyrrole nitrogens is 1. The summed E-state index contributed by atoms with van der Waals surface area (Å²) in [5.41, 5.74) is 6.06. The van der Waals surface area contributed by atoms with E-state index in [-0.39, 0.29) is 11.5 Å². The minimum atomic E-state index is -0.325. The Bertz CT molecular complexity index is 622. The van der Waals surface area contributed by atoms with E-state index < -0.39 is 0 Å². The van der Waals surface area contributed by atoms with E-state index in [1.165, 1.54) is 10.6 Å². The first-order valence-corrected chi connectivity index (χ1v) is 6.79. The third-order valence-electron chi connectivity index (χ3n) is 2.70. The van der Waals surface area contributed by atoms with Gasteiger partial charge in [0, 0.05) is 6.54 Å². The molecule has 0 atom stereocenters. The van der Waals surface area contributed by atoms with Crippen LogP contribution in [0.25, 0.3) is 0 Å². The van der Waals surface area contributed by atoms with E-state index in [1.807, 2.05) is 13.0 Å². The van der Waals surface area contributed by atoms with Gasteiger partial charge in [0.15, 0.2) is 5.16 Å². The third-order valence-corrected chi connectivity index (χ3v) is 3.85. The van der Waals surface area contributed by atoms with E-state index in [0.29, 0.717) is 29.6 Å². The van der Waals surface area contributed by atoms with Crippen molar-refractivity contribution in [2.24, 2.45) is 5.73 Å². The molecule has 2 rings (SSSR count). The second-order valence-electron chi connectivity index (χ2n) is 3.92. The van der Waals surface area contributed by atoms with Crippen molar-refractivity contribution in [3.63, 3.8) is 0 Å². The van der Waals surface area contributed by atoms with Crippen LogP contribution in [0.15, 0.2) is 33.0 Å². The smallest absolute Gasteiger partial charge is 0.330 e. The van der Waals surface area contributed by atoms with Crippen molar-refractivity contribution in [2.45, 2.75) is 29.9 Å². The molecule has 0 bridgehead atoms. The zero-order chi connectivity index (χ0) is 13.8. The molecule has 2 aromatic rings. The summed E-state index contributed by atoms with van der Waals surface area (Å²) in [6.07, 6.45) is 0.584. The molecular weight excluding hydrogens is 267 g/mol. The number of nitrogens with zero attached hydrogens (tertiary/aromatic N) is 2. The summed E-state index contributed by atoms with van der Waals surface area (Å²) >= 11 is 1.14. The summed E-state index contributed by atoms with van der Waals surface area (Å²) in [5.74, 6) is -0.325. The van der Waals surface area contributed by atoms with E-state index in [0.717, 1.165) is 17.3 Å². The van der Waals surface area contributed by atoms with Gasteiger partial charge in [0.05, 0.1) is 4.90 Å². The second-order valence-corrected chi connectivity index (χ2v) is 4.90. The van der Waals surface area contributed by atoms with Gasteiger partial charge in [0.25, 0.3) is 0 Å². The number of nitrogens with one attached hydrogen (secondary N) is 1. The number of benzene rings is 1. The zero-order valence-electron chi connectivity index (χ0n) is 10.5. The van der Waals surface area contributed by atoms with Gasteiger partial charge in [-0.2, -0.15) is 0 Å². The van der Waals surface area contributed by atoms with Gasteiger partial charge in [-0.3, -0.25) is 4.57 Å². The monoisotopic (exact) mass is 282 g/mol. The predicted octanol–water partition coefficient (Wildman–Crippen LogP) is 1.38. The van der Waals surface area contributed by atoms with Crippen LogP contribution in [0.1, 0.15) is 12.5 Å². The van der Waals surface area contributed by atoms with Crippen molar-refractivity contribution in [2.75, 3.05) is 6.54 Å². The van der Waals surface area contributed by atoms with Crippen LogP contribution in [0, 0.1) is 5.82 Å². The zero-order valence-corrected chi connectivity index (χ0v) is 11.3. The standard InChI is InChI=1S/C12H15FN4OS/c1-2-17-11(18)15-16-12(17)19-10-8(6-7-14)4-3-5-9(10)13/h3-5H,2,6-7,14H2,1H3,(H,15,18). The number of aromatic nitrogens is 3. The Labute approximate surface area is 114 Å². The first-order valence-electron chi connectivity index (χ1n) is 5.97. The largest absolute Gasteiger partial charge is 0.343 e. The third kappa shape index (κ3) is 2.87. The lowest BCUT2D eigenvalue weighted by Gasteiger charge is -2.09. The molecule has 0 aliphatic carbocycles. The number of hydrogen-bond acceptors (Lipinski definition) is 4. The molecule has 5 nitrogen and oxygen atoms in total. The molecule has 0 aliphatic rings. The van der Waals surface area contributed by atoms with E-state index in [2.05, 4.69) is 10.2 Å². The van der Waals surface area contributed by atoms with Crippen LogP contribution >= 0.6 is 11.8 Å². The summed E-state index contributed by atoms with van der Waals surface area (Å²) < 4.78 is 15.4. The Morgan fingerprint density at radius 1 is 1.53 bits per heavy atom. The fraction of sp³-hybridized carbons (Fsp3) is 0.333. The van der Waals surface area contributed by atoms with Crippen LogP contribution < -0.4 is 11.4 Å². The lowest BCUT2D eigenvalue weighted by Crippen LogP contribution is -2.16. The summed E-state index contributed by atoms with van der Waals surface area (Å²) in [7, 11) is 0. The Balaban J connectivity index is 2.39. The molecule has 0 aliphatic heterocycles. The molecule has 1 aromatic carbocycles. The molecule has 7 heteroatoms. The average Bonchev–Trinajstić information content (AvgIpc) is 2.74. The quantitative estimate of drug-likeness (QED) is 0.868. The van der Waals surface area contributed by atoms with Crippen LogP contribution in [-0.2, 0) is 13.0 Å². The van der Waals surface area contributed by atoms with Crippen molar-refractivity contribution >= 4 is 11.8 Å². The first-order chi connectivity index (χ1) is 9.17. The maximum Gasteiger partial charge on any atom is 0.343 e. The fourth-order valence-electron chi connectivity index (χ4n) is 1.77. The molecule has 1 heterocycles. The van der Waals surface area contributed by atoms with Crippen LogP contribution in [0.4, 0.5) is 4.39 Å². The van der Waals surface area contributed by atoms with Crippen LogP contribution in [0.2, 0.25) is 0 Å². The summed E-state index contributed by atoms with van der Waals surface area (Å²) in [6.45, 7) is 2.76. The van der Waals surface area contributed by atoms with Crippen LogP contribution in [-0.4, -0.2) is 21.3 Å². The minimum Gasteiger partial charge on any atom is -0.330 e. The lowest BCUT2D eigenvalue weighted by atomic mass is 10.1. The molecule has 0 spiro atoms. The van der Waals surface area contributed by atoms with E-state index >= 15 is 0 Å². The van der Waals surface area contributed by atoms with Gasteiger partial charge >= 0.3 is 5.69 Å². The van der Waals surface area contributed by atoms with Crippen LogP contribution in [0.5, 0.6) is 0 Å². The van der Waals surface area contributed by atoms with Crippen molar-refractivity contribution in [3.05, 3.63) is 40.1 Å². The highest BCUT2D eigenvalue weighted by Crippen LogP contribution is 2.31. The van der Waals surface area contributed by atoms with Gasteiger partial charge in [-0.25, -0.2) is 14.3 Å². The van der Waals surface area contributed by atoms with E-state index in [1.54, 1.807) is 6.07 Å². The van der Waals surface area contributed by atoms with Crippen molar-refractivity contribution in [1.29, 1.82) is 0 Å². The Morgan fingerprint density at radius 2 is 2.32 bits per heavy atom. The molecule has 102 valence electrons. The highest BCUT2D eigenvalue weighted by molar-refractivity contribution is 7.99. The Kier molecular flexibility index (Phi) is 4.39.